The number of phenolic OH excluding ortho intramolecular Hbond substituents is 1. The number of para-hydroxylation sites is 1. The zero-order valence-corrected chi connectivity index (χ0v) is 17.7. The van der Waals surface area contributed by atoms with E-state index in [1.165, 1.54) is 12.7 Å². The highest BCUT2D eigenvalue weighted by Gasteiger charge is 2.45. The van der Waals surface area contributed by atoms with Crippen molar-refractivity contribution in [3.05, 3.63) is 59.7 Å². The van der Waals surface area contributed by atoms with E-state index in [4.69, 9.17) is 9.47 Å². The molecule has 0 radical (unpaired) electrons. The number of esters is 1. The molecule has 1 spiro atoms. The van der Waals surface area contributed by atoms with Gasteiger partial charge in [0.1, 0.15) is 5.75 Å². The third-order valence-electron chi connectivity index (χ3n) is 6.37. The summed E-state index contributed by atoms with van der Waals surface area (Å²) < 4.78 is 10.5. The molecule has 1 fully saturated rings. The van der Waals surface area contributed by atoms with Gasteiger partial charge in [-0.05, 0) is 48.6 Å². The zero-order valence-electron chi connectivity index (χ0n) is 17.7. The molecule has 2 amide bonds. The highest BCUT2D eigenvalue weighted by Crippen LogP contribution is 2.46. The van der Waals surface area contributed by atoms with E-state index >= 15 is 0 Å². The Labute approximate surface area is 182 Å². The minimum absolute atomic E-state index is 0.0695. The number of methoxy groups -OCH3 is 1. The fraction of sp³-hybridized carbons (Fsp3) is 0.417. The van der Waals surface area contributed by atoms with Gasteiger partial charge in [0.15, 0.2) is 0 Å². The molecule has 0 bridgehead atoms. The Bertz CT molecular complexity index is 937. The Hall–Kier alpha value is -3.06. The monoisotopic (exact) mass is 424 g/mol. The van der Waals surface area contributed by atoms with Gasteiger partial charge in [-0.15, -0.1) is 0 Å². The minimum Gasteiger partial charge on any atom is -0.508 e. The third-order valence-corrected chi connectivity index (χ3v) is 6.37. The number of nitrogens with one attached hydrogen (secondary N) is 1. The average Bonchev–Trinajstić information content (AvgIpc) is 3.11. The number of urea groups is 1. The van der Waals surface area contributed by atoms with Crippen LogP contribution in [0.25, 0.3) is 0 Å². The molecule has 2 heterocycles. The molecule has 164 valence electrons. The number of anilines is 1. The van der Waals surface area contributed by atoms with Gasteiger partial charge in [0, 0.05) is 37.4 Å². The second-order valence-electron chi connectivity index (χ2n) is 8.27. The number of ether oxygens (including phenoxy) is 2. The summed E-state index contributed by atoms with van der Waals surface area (Å²) in [4.78, 5) is 27.2. The lowest BCUT2D eigenvalue weighted by Gasteiger charge is -2.34. The summed E-state index contributed by atoms with van der Waals surface area (Å²) in [5, 5.41) is 12.4. The van der Waals surface area contributed by atoms with Gasteiger partial charge >= 0.3 is 12.0 Å². The largest absolute Gasteiger partial charge is 0.508 e. The molecule has 1 unspecified atom stereocenters. The van der Waals surface area contributed by atoms with Crippen LogP contribution in [-0.2, 0) is 26.1 Å². The Balaban J connectivity index is 1.46. The molecule has 1 saturated heterocycles. The zero-order chi connectivity index (χ0) is 21.8. The summed E-state index contributed by atoms with van der Waals surface area (Å²) in [6.07, 6.45) is 2.18. The first kappa shape index (κ1) is 21.2. The van der Waals surface area contributed by atoms with Gasteiger partial charge in [-0.1, -0.05) is 30.3 Å². The fourth-order valence-corrected chi connectivity index (χ4v) is 4.63. The molecule has 0 aromatic heterocycles. The molecule has 2 aliphatic heterocycles. The van der Waals surface area contributed by atoms with Crippen LogP contribution in [0.1, 0.15) is 24.0 Å². The molecule has 2 aromatic carbocycles. The van der Waals surface area contributed by atoms with Gasteiger partial charge in [-0.3, -0.25) is 9.69 Å². The lowest BCUT2D eigenvalue weighted by Crippen LogP contribution is -2.46. The highest BCUT2D eigenvalue weighted by atomic mass is 16.5. The highest BCUT2D eigenvalue weighted by molar-refractivity contribution is 5.95. The molecular weight excluding hydrogens is 396 g/mol. The third kappa shape index (κ3) is 4.37. The van der Waals surface area contributed by atoms with Gasteiger partial charge in [0.2, 0.25) is 0 Å². The van der Waals surface area contributed by atoms with E-state index in [9.17, 15) is 14.7 Å². The number of benzene rings is 2. The van der Waals surface area contributed by atoms with Crippen LogP contribution >= 0.6 is 0 Å². The Morgan fingerprint density at radius 3 is 2.58 bits per heavy atom. The van der Waals surface area contributed by atoms with Crippen LogP contribution in [0.15, 0.2) is 48.5 Å². The average molecular weight is 424 g/mol. The first-order chi connectivity index (χ1) is 15.0. The van der Waals surface area contributed by atoms with Gasteiger partial charge < -0.3 is 19.9 Å². The van der Waals surface area contributed by atoms with E-state index in [0.717, 1.165) is 24.1 Å². The lowest BCUT2D eigenvalue weighted by molar-refractivity contribution is -0.145. The predicted octanol–water partition coefficient (Wildman–Crippen LogP) is 3.00. The number of carbonyl (C=O) groups is 2. The molecule has 2 aliphatic rings. The maximum absolute atomic E-state index is 13.1. The fourth-order valence-electron chi connectivity index (χ4n) is 4.63. The normalized spacial score (nSPS) is 17.8. The first-order valence-electron chi connectivity index (χ1n) is 10.6. The van der Waals surface area contributed by atoms with Crippen molar-refractivity contribution in [2.75, 3.05) is 38.3 Å². The summed E-state index contributed by atoms with van der Waals surface area (Å²) in [6.45, 7) is 2.17. The lowest BCUT2D eigenvalue weighted by atomic mass is 9.76. The predicted molar refractivity (Wildman–Crippen MR) is 116 cm³/mol. The molecule has 2 aromatic rings. The van der Waals surface area contributed by atoms with Crippen molar-refractivity contribution in [3.8, 4) is 5.75 Å². The maximum Gasteiger partial charge on any atom is 0.321 e. The van der Waals surface area contributed by atoms with Crippen molar-refractivity contribution >= 4 is 17.7 Å². The van der Waals surface area contributed by atoms with Crippen LogP contribution in [0.4, 0.5) is 10.5 Å². The molecule has 7 nitrogen and oxygen atoms in total. The SMILES string of the molecule is COC(=O)C(CNC(=O)N1CC2(CCOCC2)c2ccccc21)Cc1ccc(O)cc1. The number of aromatic hydroxyl groups is 1. The van der Waals surface area contributed by atoms with Crippen molar-refractivity contribution in [1.29, 1.82) is 0 Å². The van der Waals surface area contributed by atoms with Crippen LogP contribution in [0.5, 0.6) is 5.75 Å². The molecule has 2 N–H and O–H groups in total. The van der Waals surface area contributed by atoms with Crippen LogP contribution in [0.3, 0.4) is 0 Å². The number of amides is 2. The molecule has 4 rings (SSSR count). The maximum atomic E-state index is 13.1. The summed E-state index contributed by atoms with van der Waals surface area (Å²) >= 11 is 0. The molecule has 31 heavy (non-hydrogen) atoms. The Morgan fingerprint density at radius 1 is 1.16 bits per heavy atom. The molecule has 0 aliphatic carbocycles. The second-order valence-corrected chi connectivity index (χ2v) is 8.27. The van der Waals surface area contributed by atoms with Crippen molar-refractivity contribution < 1.29 is 24.2 Å². The van der Waals surface area contributed by atoms with E-state index < -0.39 is 5.92 Å². The smallest absolute Gasteiger partial charge is 0.321 e. The number of nitrogens with zero attached hydrogens (tertiary/aromatic N) is 1. The van der Waals surface area contributed by atoms with E-state index in [2.05, 4.69) is 11.4 Å². The summed E-state index contributed by atoms with van der Waals surface area (Å²) in [7, 11) is 1.35. The number of hydrogen-bond acceptors (Lipinski definition) is 5. The van der Waals surface area contributed by atoms with Crippen molar-refractivity contribution in [2.45, 2.75) is 24.7 Å². The number of rotatable bonds is 5. The topological polar surface area (TPSA) is 88.1 Å². The van der Waals surface area contributed by atoms with Crippen LogP contribution < -0.4 is 10.2 Å². The minimum atomic E-state index is -0.520. The number of hydrogen-bond donors (Lipinski definition) is 2. The van der Waals surface area contributed by atoms with Crippen LogP contribution in [0, 0.1) is 5.92 Å². The molecule has 0 saturated carbocycles. The van der Waals surface area contributed by atoms with Crippen molar-refractivity contribution in [1.82, 2.24) is 5.32 Å². The van der Waals surface area contributed by atoms with Crippen LogP contribution in [0.2, 0.25) is 0 Å². The van der Waals surface area contributed by atoms with Crippen molar-refractivity contribution in [3.63, 3.8) is 0 Å². The molecular formula is C24H28N2O5. The second kappa shape index (κ2) is 8.98. The standard InChI is InChI=1S/C24H28N2O5/c1-30-22(28)18(14-17-6-8-19(27)9-7-17)15-25-23(29)26-16-24(10-12-31-13-11-24)20-4-2-3-5-21(20)26/h2-9,18,27H,10-16H2,1H3,(H,25,29). The van der Waals surface area contributed by atoms with E-state index in [0.29, 0.717) is 26.2 Å². The number of phenols is 1. The molecule has 1 atom stereocenters. The molecule has 7 heteroatoms. The quantitative estimate of drug-likeness (QED) is 0.721. The van der Waals surface area contributed by atoms with Gasteiger partial charge in [0.25, 0.3) is 0 Å². The van der Waals surface area contributed by atoms with Gasteiger partial charge in [0.05, 0.1) is 13.0 Å². The Kier molecular flexibility index (Phi) is 6.13. The first-order valence-corrected chi connectivity index (χ1v) is 10.6. The number of carbonyl (C=O) groups excluding carboxylic acids is 2. The van der Waals surface area contributed by atoms with E-state index in [1.807, 2.05) is 18.2 Å². The van der Waals surface area contributed by atoms with E-state index in [1.54, 1.807) is 29.2 Å². The number of fused-ring (bicyclic) bond motifs is 2. The van der Waals surface area contributed by atoms with E-state index in [-0.39, 0.29) is 29.7 Å². The summed E-state index contributed by atoms with van der Waals surface area (Å²) in [5.41, 5.74) is 2.94. The van der Waals surface area contributed by atoms with Gasteiger partial charge in [-0.2, -0.15) is 0 Å². The van der Waals surface area contributed by atoms with Crippen LogP contribution in [-0.4, -0.2) is 50.5 Å². The van der Waals surface area contributed by atoms with Crippen molar-refractivity contribution in [2.24, 2.45) is 5.92 Å². The summed E-state index contributed by atoms with van der Waals surface area (Å²) in [5.74, 6) is -0.731. The Morgan fingerprint density at radius 2 is 1.87 bits per heavy atom. The summed E-state index contributed by atoms with van der Waals surface area (Å²) in [6, 6.07) is 14.5. The van der Waals surface area contributed by atoms with Gasteiger partial charge in [-0.25, -0.2) is 4.79 Å².